The molecule has 0 spiro atoms. The summed E-state index contributed by atoms with van der Waals surface area (Å²) in [7, 11) is 1.82. The van der Waals surface area contributed by atoms with Crippen LogP contribution < -0.4 is 5.32 Å². The fraction of sp³-hybridized carbons (Fsp3) is 0.588. The van der Waals surface area contributed by atoms with E-state index in [0.29, 0.717) is 13.2 Å². The number of carbonyl (C=O) groups excluding carboxylic acids is 1. The molecule has 0 aliphatic carbocycles. The molecule has 0 bridgehead atoms. The molecular weight excluding hydrogens is 264 g/mol. The number of benzene rings is 1. The fourth-order valence-corrected chi connectivity index (χ4v) is 2.58. The topological polar surface area (TPSA) is 41.6 Å². The van der Waals surface area contributed by atoms with E-state index in [1.807, 2.05) is 44.3 Å². The Morgan fingerprint density at radius 2 is 1.90 bits per heavy atom. The van der Waals surface area contributed by atoms with Gasteiger partial charge in [-0.1, -0.05) is 44.2 Å². The van der Waals surface area contributed by atoms with Gasteiger partial charge in [0, 0.05) is 6.54 Å². The predicted octanol–water partition coefficient (Wildman–Crippen LogP) is 2.40. The number of hydrogen-bond acceptors (Lipinski definition) is 4. The summed E-state index contributed by atoms with van der Waals surface area (Å²) in [5.41, 5.74) is 0.128. The van der Waals surface area contributed by atoms with Crippen LogP contribution in [0.1, 0.15) is 32.8 Å². The molecule has 21 heavy (non-hydrogen) atoms. The first-order valence-electron chi connectivity index (χ1n) is 7.78. The molecule has 0 heterocycles. The number of ether oxygens (including phenoxy) is 1. The minimum absolute atomic E-state index is 0.215. The van der Waals surface area contributed by atoms with Crippen molar-refractivity contribution in [2.24, 2.45) is 0 Å². The van der Waals surface area contributed by atoms with Crippen LogP contribution in [0.3, 0.4) is 0 Å². The van der Waals surface area contributed by atoms with Crippen molar-refractivity contribution >= 4 is 5.97 Å². The van der Waals surface area contributed by atoms with Gasteiger partial charge in [0.05, 0.1) is 6.61 Å². The molecule has 4 heteroatoms. The molecule has 1 aromatic carbocycles. The average Bonchev–Trinajstić information content (AvgIpc) is 2.52. The molecule has 0 aromatic heterocycles. The Labute approximate surface area is 128 Å². The maximum absolute atomic E-state index is 12.6. The van der Waals surface area contributed by atoms with Crippen molar-refractivity contribution in [1.29, 1.82) is 0 Å². The first-order valence-corrected chi connectivity index (χ1v) is 7.78. The predicted molar refractivity (Wildman–Crippen MR) is 86.2 cm³/mol. The summed E-state index contributed by atoms with van der Waals surface area (Å²) in [4.78, 5) is 14.9. The molecule has 1 atom stereocenters. The smallest absolute Gasteiger partial charge is 0.332 e. The van der Waals surface area contributed by atoms with Crippen LogP contribution in [0.15, 0.2) is 30.3 Å². The molecule has 0 saturated carbocycles. The van der Waals surface area contributed by atoms with Gasteiger partial charge in [0.2, 0.25) is 0 Å². The number of hydrogen-bond donors (Lipinski definition) is 1. The SMILES string of the molecule is CCCN(CC)CC(NC)(C(=O)OCC)c1ccccc1. The lowest BCUT2D eigenvalue weighted by Crippen LogP contribution is -2.56. The molecule has 4 nitrogen and oxygen atoms in total. The van der Waals surface area contributed by atoms with Crippen LogP contribution in [0.2, 0.25) is 0 Å². The zero-order valence-electron chi connectivity index (χ0n) is 13.7. The van der Waals surface area contributed by atoms with Gasteiger partial charge < -0.3 is 15.0 Å². The number of carbonyl (C=O) groups is 1. The third-order valence-electron chi connectivity index (χ3n) is 3.77. The molecule has 1 N–H and O–H groups in total. The van der Waals surface area contributed by atoms with Crippen molar-refractivity contribution in [1.82, 2.24) is 10.2 Å². The van der Waals surface area contributed by atoms with E-state index in [1.165, 1.54) is 0 Å². The highest BCUT2D eigenvalue weighted by Gasteiger charge is 2.41. The maximum atomic E-state index is 12.6. The summed E-state index contributed by atoms with van der Waals surface area (Å²) in [6.45, 7) is 8.97. The van der Waals surface area contributed by atoms with E-state index >= 15 is 0 Å². The van der Waals surface area contributed by atoms with Gasteiger partial charge in [0.25, 0.3) is 0 Å². The van der Waals surface area contributed by atoms with E-state index < -0.39 is 5.54 Å². The van der Waals surface area contributed by atoms with Gasteiger partial charge in [-0.25, -0.2) is 4.79 Å². The summed E-state index contributed by atoms with van der Waals surface area (Å²) >= 11 is 0. The van der Waals surface area contributed by atoms with E-state index in [-0.39, 0.29) is 5.97 Å². The maximum Gasteiger partial charge on any atom is 0.332 e. The molecule has 0 aliphatic rings. The quantitative estimate of drug-likeness (QED) is 0.710. The Bertz CT molecular complexity index is 422. The van der Waals surface area contributed by atoms with Gasteiger partial charge in [-0.05, 0) is 39.0 Å². The van der Waals surface area contributed by atoms with Crippen molar-refractivity contribution in [2.45, 2.75) is 32.7 Å². The number of nitrogens with one attached hydrogen (secondary N) is 1. The van der Waals surface area contributed by atoms with Crippen LogP contribution in [-0.4, -0.2) is 44.2 Å². The van der Waals surface area contributed by atoms with Crippen molar-refractivity contribution in [3.8, 4) is 0 Å². The lowest BCUT2D eigenvalue weighted by atomic mass is 9.89. The van der Waals surface area contributed by atoms with Crippen molar-refractivity contribution in [2.75, 3.05) is 33.3 Å². The first kappa shape index (κ1) is 17.7. The second kappa shape index (κ2) is 8.80. The van der Waals surface area contributed by atoms with Gasteiger partial charge in [-0.2, -0.15) is 0 Å². The Morgan fingerprint density at radius 3 is 2.38 bits per heavy atom. The first-order chi connectivity index (χ1) is 10.1. The molecular formula is C17H28N2O2. The lowest BCUT2D eigenvalue weighted by molar-refractivity contribution is -0.152. The summed E-state index contributed by atoms with van der Waals surface area (Å²) in [5, 5.41) is 3.22. The van der Waals surface area contributed by atoms with Crippen molar-refractivity contribution < 1.29 is 9.53 Å². The molecule has 0 fully saturated rings. The van der Waals surface area contributed by atoms with Crippen molar-refractivity contribution in [3.63, 3.8) is 0 Å². The van der Waals surface area contributed by atoms with E-state index in [0.717, 1.165) is 25.1 Å². The normalized spacial score (nSPS) is 14.0. The van der Waals surface area contributed by atoms with Crippen LogP contribution in [0.4, 0.5) is 0 Å². The highest BCUT2D eigenvalue weighted by Crippen LogP contribution is 2.24. The van der Waals surface area contributed by atoms with Gasteiger partial charge in [0.1, 0.15) is 0 Å². The van der Waals surface area contributed by atoms with Crippen LogP contribution in [0, 0.1) is 0 Å². The van der Waals surface area contributed by atoms with Gasteiger partial charge >= 0.3 is 5.97 Å². The largest absolute Gasteiger partial charge is 0.464 e. The van der Waals surface area contributed by atoms with Crippen LogP contribution in [0.25, 0.3) is 0 Å². The van der Waals surface area contributed by atoms with E-state index in [4.69, 9.17) is 4.74 Å². The number of esters is 1. The highest BCUT2D eigenvalue weighted by molar-refractivity contribution is 5.83. The fourth-order valence-electron chi connectivity index (χ4n) is 2.58. The van der Waals surface area contributed by atoms with Gasteiger partial charge in [-0.3, -0.25) is 0 Å². The number of nitrogens with zero attached hydrogens (tertiary/aromatic N) is 1. The molecule has 0 amide bonds. The highest BCUT2D eigenvalue weighted by atomic mass is 16.5. The summed E-state index contributed by atoms with van der Waals surface area (Å²) in [5.74, 6) is -0.215. The second-order valence-electron chi connectivity index (χ2n) is 5.11. The minimum Gasteiger partial charge on any atom is -0.464 e. The van der Waals surface area contributed by atoms with Gasteiger partial charge in [0.15, 0.2) is 5.54 Å². The Kier molecular flexibility index (Phi) is 7.40. The Morgan fingerprint density at radius 1 is 1.24 bits per heavy atom. The molecule has 1 rings (SSSR count). The molecule has 1 aromatic rings. The number of rotatable bonds is 9. The molecule has 118 valence electrons. The van der Waals surface area contributed by atoms with E-state index in [2.05, 4.69) is 24.1 Å². The molecule has 0 saturated heterocycles. The van der Waals surface area contributed by atoms with Crippen molar-refractivity contribution in [3.05, 3.63) is 35.9 Å². The summed E-state index contributed by atoms with van der Waals surface area (Å²) in [6.07, 6.45) is 1.06. The molecule has 0 aliphatic heterocycles. The average molecular weight is 292 g/mol. The molecule has 1 unspecified atom stereocenters. The van der Waals surface area contributed by atoms with Crippen LogP contribution >= 0.6 is 0 Å². The summed E-state index contributed by atoms with van der Waals surface area (Å²) in [6, 6.07) is 9.83. The Balaban J connectivity index is 3.16. The Hall–Kier alpha value is -1.39. The summed E-state index contributed by atoms with van der Waals surface area (Å²) < 4.78 is 5.35. The third-order valence-corrected chi connectivity index (χ3v) is 3.77. The molecule has 0 radical (unpaired) electrons. The van der Waals surface area contributed by atoms with Gasteiger partial charge in [-0.15, -0.1) is 0 Å². The van der Waals surface area contributed by atoms with E-state index in [1.54, 1.807) is 0 Å². The zero-order chi connectivity index (χ0) is 15.7. The van der Waals surface area contributed by atoms with Crippen LogP contribution in [0.5, 0.6) is 0 Å². The third kappa shape index (κ3) is 4.29. The lowest BCUT2D eigenvalue weighted by Gasteiger charge is -2.36. The monoisotopic (exact) mass is 292 g/mol. The zero-order valence-corrected chi connectivity index (χ0v) is 13.7. The minimum atomic E-state index is -0.817. The second-order valence-corrected chi connectivity index (χ2v) is 5.11. The number of likely N-dealkylation sites (N-methyl/N-ethyl adjacent to an activating group) is 2. The van der Waals surface area contributed by atoms with E-state index in [9.17, 15) is 4.79 Å². The standard InChI is InChI=1S/C17H28N2O2/c1-5-13-19(6-2)14-17(18-4,16(20)21-7-3)15-11-9-8-10-12-15/h8-12,18H,5-7,13-14H2,1-4H3. The van der Waals surface area contributed by atoms with Crippen LogP contribution in [-0.2, 0) is 15.1 Å².